The number of halogens is 1. The van der Waals surface area contributed by atoms with E-state index < -0.39 is 0 Å². The summed E-state index contributed by atoms with van der Waals surface area (Å²) in [5, 5.41) is 7.02. The summed E-state index contributed by atoms with van der Waals surface area (Å²) in [6, 6.07) is 1.45. The molecule has 2 heterocycles. The number of amides is 1. The van der Waals surface area contributed by atoms with Gasteiger partial charge >= 0.3 is 0 Å². The predicted octanol–water partition coefficient (Wildman–Crippen LogP) is 0.981. The molecule has 0 atom stereocenters. The van der Waals surface area contributed by atoms with Gasteiger partial charge in [-0.2, -0.15) is 5.10 Å². The maximum absolute atomic E-state index is 11.9. The number of nitrogens with zero attached hydrogens (tertiary/aromatic N) is 3. The molecule has 0 unspecified atom stereocenters. The van der Waals surface area contributed by atoms with Crippen LogP contribution in [0.15, 0.2) is 24.7 Å². The Hall–Kier alpha value is -2.08. The van der Waals surface area contributed by atoms with Crippen molar-refractivity contribution in [2.45, 2.75) is 6.54 Å². The van der Waals surface area contributed by atoms with Crippen molar-refractivity contribution in [1.82, 2.24) is 20.1 Å². The van der Waals surface area contributed by atoms with Crippen molar-refractivity contribution in [2.75, 3.05) is 5.73 Å². The Bertz CT molecular complexity index is 581. The van der Waals surface area contributed by atoms with E-state index >= 15 is 0 Å². The summed E-state index contributed by atoms with van der Waals surface area (Å²) in [4.78, 5) is 15.7. The summed E-state index contributed by atoms with van der Waals surface area (Å²) in [7, 11) is 1.81. The van der Waals surface area contributed by atoms with Crippen molar-refractivity contribution in [2.24, 2.45) is 7.05 Å². The molecule has 0 spiro atoms. The highest BCUT2D eigenvalue weighted by molar-refractivity contribution is 6.33. The average Bonchev–Trinajstić information content (AvgIpc) is 2.75. The number of carbonyl (C=O) groups is 1. The Kier molecular flexibility index (Phi) is 3.47. The lowest BCUT2D eigenvalue weighted by molar-refractivity contribution is 0.0951. The van der Waals surface area contributed by atoms with Crippen molar-refractivity contribution < 1.29 is 4.79 Å². The fourth-order valence-electron chi connectivity index (χ4n) is 1.47. The van der Waals surface area contributed by atoms with E-state index in [2.05, 4.69) is 15.4 Å². The van der Waals surface area contributed by atoms with Gasteiger partial charge in [0.25, 0.3) is 5.91 Å². The summed E-state index contributed by atoms with van der Waals surface area (Å²) >= 11 is 5.88. The number of nitrogens with two attached hydrogens (primary N) is 1. The second kappa shape index (κ2) is 5.05. The van der Waals surface area contributed by atoms with E-state index in [9.17, 15) is 4.79 Å². The number of carbonyl (C=O) groups excluding carboxylic acids is 1. The molecule has 0 fully saturated rings. The molecule has 0 aromatic carbocycles. The van der Waals surface area contributed by atoms with Crippen LogP contribution < -0.4 is 11.1 Å². The van der Waals surface area contributed by atoms with Crippen molar-refractivity contribution in [3.63, 3.8) is 0 Å². The fraction of sp³-hybridized carbons (Fsp3) is 0.182. The lowest BCUT2D eigenvalue weighted by Crippen LogP contribution is -2.23. The summed E-state index contributed by atoms with van der Waals surface area (Å²) in [5.41, 5.74) is 6.73. The number of nitrogens with one attached hydrogen (secondary N) is 1. The molecule has 94 valence electrons. The minimum Gasteiger partial charge on any atom is -0.384 e. The number of aromatic nitrogens is 3. The van der Waals surface area contributed by atoms with Gasteiger partial charge in [-0.1, -0.05) is 11.6 Å². The monoisotopic (exact) mass is 265 g/mol. The number of hydrogen-bond donors (Lipinski definition) is 2. The third kappa shape index (κ3) is 2.78. The highest BCUT2D eigenvalue weighted by atomic mass is 35.5. The minimum atomic E-state index is -0.294. The fourth-order valence-corrected chi connectivity index (χ4v) is 1.66. The lowest BCUT2D eigenvalue weighted by Gasteiger charge is -2.05. The number of rotatable bonds is 3. The Labute approximate surface area is 109 Å². The Morgan fingerprint density at radius 2 is 2.33 bits per heavy atom. The van der Waals surface area contributed by atoms with Crippen LogP contribution in [-0.4, -0.2) is 20.7 Å². The molecular formula is C11H12ClN5O. The van der Waals surface area contributed by atoms with Gasteiger partial charge in [0.1, 0.15) is 5.82 Å². The van der Waals surface area contributed by atoms with Crippen LogP contribution in [0.3, 0.4) is 0 Å². The van der Waals surface area contributed by atoms with Crippen LogP contribution in [0.1, 0.15) is 15.9 Å². The number of nitrogen functional groups attached to an aromatic ring is 1. The summed E-state index contributed by atoms with van der Waals surface area (Å²) in [6.07, 6.45) is 4.86. The van der Waals surface area contributed by atoms with Crippen LogP contribution in [0, 0.1) is 0 Å². The van der Waals surface area contributed by atoms with Gasteiger partial charge in [-0.25, -0.2) is 4.98 Å². The SMILES string of the molecule is Cn1cc(CNC(=O)c2cc(N)ncc2Cl)cn1. The Balaban J connectivity index is 2.05. The van der Waals surface area contributed by atoms with Crippen LogP contribution >= 0.6 is 11.6 Å². The molecule has 2 aromatic heterocycles. The van der Waals surface area contributed by atoms with Gasteiger partial charge in [-0.3, -0.25) is 9.48 Å². The molecular weight excluding hydrogens is 254 g/mol. The van der Waals surface area contributed by atoms with Crippen LogP contribution in [0.2, 0.25) is 5.02 Å². The summed E-state index contributed by atoms with van der Waals surface area (Å²) < 4.78 is 1.67. The molecule has 0 aliphatic carbocycles. The zero-order valence-corrected chi connectivity index (χ0v) is 10.5. The highest BCUT2D eigenvalue weighted by Crippen LogP contribution is 2.16. The van der Waals surface area contributed by atoms with Gasteiger partial charge in [0.2, 0.25) is 0 Å². The molecule has 0 saturated heterocycles. The standard InChI is InChI=1S/C11H12ClN5O/c1-17-6-7(4-16-17)3-15-11(18)8-2-10(13)14-5-9(8)12/h2,4-6H,3H2,1H3,(H2,13,14)(H,15,18). The van der Waals surface area contributed by atoms with Crippen LogP contribution in [0.4, 0.5) is 5.82 Å². The first-order valence-electron chi connectivity index (χ1n) is 5.23. The number of aryl methyl sites for hydroxylation is 1. The predicted molar refractivity (Wildman–Crippen MR) is 68.0 cm³/mol. The topological polar surface area (TPSA) is 85.8 Å². The van der Waals surface area contributed by atoms with E-state index in [1.807, 2.05) is 13.2 Å². The number of pyridine rings is 1. The molecule has 3 N–H and O–H groups in total. The Morgan fingerprint density at radius 3 is 3.00 bits per heavy atom. The molecule has 0 bridgehead atoms. The molecule has 2 aromatic rings. The van der Waals surface area contributed by atoms with Gasteiger partial charge in [0.05, 0.1) is 16.8 Å². The zero-order valence-electron chi connectivity index (χ0n) is 9.72. The molecule has 18 heavy (non-hydrogen) atoms. The number of hydrogen-bond acceptors (Lipinski definition) is 4. The lowest BCUT2D eigenvalue weighted by atomic mass is 10.2. The zero-order chi connectivity index (χ0) is 13.1. The first-order valence-corrected chi connectivity index (χ1v) is 5.61. The molecule has 0 aliphatic heterocycles. The third-order valence-corrected chi connectivity index (χ3v) is 2.63. The highest BCUT2D eigenvalue weighted by Gasteiger charge is 2.11. The summed E-state index contributed by atoms with van der Waals surface area (Å²) in [6.45, 7) is 0.380. The molecule has 0 saturated carbocycles. The first-order chi connectivity index (χ1) is 8.56. The van der Waals surface area contributed by atoms with Crippen molar-refractivity contribution in [3.8, 4) is 0 Å². The Morgan fingerprint density at radius 1 is 1.56 bits per heavy atom. The molecule has 2 rings (SSSR count). The molecule has 1 amide bonds. The first kappa shape index (κ1) is 12.4. The van der Waals surface area contributed by atoms with E-state index in [-0.39, 0.29) is 16.7 Å². The normalized spacial score (nSPS) is 10.3. The van der Waals surface area contributed by atoms with E-state index in [4.69, 9.17) is 17.3 Å². The second-order valence-corrected chi connectivity index (χ2v) is 4.20. The molecule has 0 radical (unpaired) electrons. The largest absolute Gasteiger partial charge is 0.384 e. The van der Waals surface area contributed by atoms with E-state index in [1.165, 1.54) is 12.3 Å². The van der Waals surface area contributed by atoms with E-state index in [0.29, 0.717) is 12.1 Å². The quantitative estimate of drug-likeness (QED) is 0.866. The van der Waals surface area contributed by atoms with Crippen LogP contribution in [-0.2, 0) is 13.6 Å². The van der Waals surface area contributed by atoms with Crippen LogP contribution in [0.5, 0.6) is 0 Å². The van der Waals surface area contributed by atoms with Crippen molar-refractivity contribution in [1.29, 1.82) is 0 Å². The second-order valence-electron chi connectivity index (χ2n) is 3.79. The van der Waals surface area contributed by atoms with Gasteiger partial charge in [0.15, 0.2) is 0 Å². The van der Waals surface area contributed by atoms with Crippen molar-refractivity contribution in [3.05, 3.63) is 40.8 Å². The van der Waals surface area contributed by atoms with Gasteiger partial charge < -0.3 is 11.1 Å². The van der Waals surface area contributed by atoms with Crippen LogP contribution in [0.25, 0.3) is 0 Å². The van der Waals surface area contributed by atoms with Gasteiger partial charge in [-0.15, -0.1) is 0 Å². The maximum Gasteiger partial charge on any atom is 0.253 e. The van der Waals surface area contributed by atoms with Gasteiger partial charge in [-0.05, 0) is 6.07 Å². The molecule has 0 aliphatic rings. The van der Waals surface area contributed by atoms with E-state index in [1.54, 1.807) is 10.9 Å². The van der Waals surface area contributed by atoms with E-state index in [0.717, 1.165) is 5.56 Å². The maximum atomic E-state index is 11.9. The van der Waals surface area contributed by atoms with Crippen molar-refractivity contribution >= 4 is 23.3 Å². The third-order valence-electron chi connectivity index (χ3n) is 2.33. The smallest absolute Gasteiger partial charge is 0.253 e. The summed E-state index contributed by atoms with van der Waals surface area (Å²) in [5.74, 6) is -0.0381. The average molecular weight is 266 g/mol. The molecule has 6 nitrogen and oxygen atoms in total. The molecule has 7 heteroatoms. The van der Waals surface area contributed by atoms with Gasteiger partial charge in [0, 0.05) is 31.5 Å². The number of anilines is 1. The minimum absolute atomic E-state index is 0.255.